The molecular weight excluding hydrogens is 422 g/mol. The van der Waals surface area contributed by atoms with E-state index in [0.717, 1.165) is 5.52 Å². The molecule has 8 heteroatoms. The Kier molecular flexibility index (Phi) is 6.96. The number of fused-ring (bicyclic) bond motifs is 1. The summed E-state index contributed by atoms with van der Waals surface area (Å²) in [5, 5.41) is 0. The molecule has 182 valence electrons. The fraction of sp³-hybridized carbons (Fsp3) is 0.640. The maximum absolute atomic E-state index is 13.0. The minimum Gasteiger partial charge on any atom is -0.490 e. The summed E-state index contributed by atoms with van der Waals surface area (Å²) in [4.78, 5) is 31.6. The molecule has 0 saturated carbocycles. The van der Waals surface area contributed by atoms with Gasteiger partial charge in [0.25, 0.3) is 0 Å². The van der Waals surface area contributed by atoms with Gasteiger partial charge >= 0.3 is 12.2 Å². The Hall–Kier alpha value is -2.77. The summed E-state index contributed by atoms with van der Waals surface area (Å²) in [7, 11) is 0. The highest BCUT2D eigenvalue weighted by atomic mass is 16.6. The molecule has 0 spiro atoms. The number of amides is 1. The van der Waals surface area contributed by atoms with Crippen LogP contribution in [0.25, 0.3) is 11.0 Å². The first kappa shape index (κ1) is 24.9. The van der Waals surface area contributed by atoms with Crippen LogP contribution in [-0.2, 0) is 9.47 Å². The van der Waals surface area contributed by atoms with E-state index in [2.05, 4.69) is 4.98 Å². The number of carbonyl (C=O) groups is 2. The zero-order valence-corrected chi connectivity index (χ0v) is 21.1. The van der Waals surface area contributed by atoms with E-state index in [1.54, 1.807) is 9.47 Å². The van der Waals surface area contributed by atoms with Gasteiger partial charge in [-0.15, -0.1) is 0 Å². The normalized spacial score (nSPS) is 15.7. The van der Waals surface area contributed by atoms with Crippen LogP contribution in [0, 0.1) is 0 Å². The fourth-order valence-electron chi connectivity index (χ4n) is 3.71. The first-order valence-electron chi connectivity index (χ1n) is 11.6. The second kappa shape index (κ2) is 9.23. The molecule has 0 atom stereocenters. The molecule has 0 unspecified atom stereocenters. The van der Waals surface area contributed by atoms with Crippen LogP contribution in [0.3, 0.4) is 0 Å². The van der Waals surface area contributed by atoms with Crippen molar-refractivity contribution in [1.29, 1.82) is 0 Å². The minimum absolute atomic E-state index is 0.0244. The second-order valence-corrected chi connectivity index (χ2v) is 10.9. The third-order valence-corrected chi connectivity index (χ3v) is 5.14. The van der Waals surface area contributed by atoms with Gasteiger partial charge in [0, 0.05) is 37.9 Å². The van der Waals surface area contributed by atoms with Crippen LogP contribution < -0.4 is 4.74 Å². The zero-order valence-electron chi connectivity index (χ0n) is 21.1. The van der Waals surface area contributed by atoms with Gasteiger partial charge in [-0.25, -0.2) is 19.1 Å². The van der Waals surface area contributed by atoms with E-state index in [1.807, 2.05) is 73.6 Å². The molecule has 1 aliphatic rings. The van der Waals surface area contributed by atoms with Gasteiger partial charge in [-0.05, 0) is 53.7 Å². The molecule has 1 fully saturated rings. The third-order valence-electron chi connectivity index (χ3n) is 5.14. The SMILES string of the molecule is CC(C)c1nc2ccc(OC3CCN(C(=O)OC(C)(C)C)CC3)cc2n1C(=O)OC(C)(C)C. The van der Waals surface area contributed by atoms with Gasteiger partial charge in [-0.3, -0.25) is 0 Å². The van der Waals surface area contributed by atoms with Crippen LogP contribution in [0.5, 0.6) is 5.75 Å². The Morgan fingerprint density at radius 1 is 0.970 bits per heavy atom. The van der Waals surface area contributed by atoms with Crippen molar-refractivity contribution in [3.63, 3.8) is 0 Å². The summed E-state index contributed by atoms with van der Waals surface area (Å²) in [5.74, 6) is 1.37. The summed E-state index contributed by atoms with van der Waals surface area (Å²) in [6.45, 7) is 16.3. The molecule has 2 heterocycles. The highest BCUT2D eigenvalue weighted by molar-refractivity contribution is 5.88. The van der Waals surface area contributed by atoms with Crippen molar-refractivity contribution < 1.29 is 23.8 Å². The van der Waals surface area contributed by atoms with Crippen LogP contribution >= 0.6 is 0 Å². The van der Waals surface area contributed by atoms with Crippen molar-refractivity contribution in [2.45, 2.75) is 91.5 Å². The van der Waals surface area contributed by atoms with Crippen molar-refractivity contribution >= 4 is 23.2 Å². The number of carbonyl (C=O) groups excluding carboxylic acids is 2. The molecule has 1 amide bonds. The highest BCUT2D eigenvalue weighted by Crippen LogP contribution is 2.28. The smallest absolute Gasteiger partial charge is 0.420 e. The van der Waals surface area contributed by atoms with Crippen LogP contribution in [0.4, 0.5) is 9.59 Å². The van der Waals surface area contributed by atoms with Crippen LogP contribution in [-0.4, -0.2) is 57.0 Å². The Morgan fingerprint density at radius 2 is 1.55 bits per heavy atom. The number of rotatable bonds is 3. The van der Waals surface area contributed by atoms with Crippen LogP contribution in [0.1, 0.15) is 80.0 Å². The van der Waals surface area contributed by atoms with Gasteiger partial charge in [-0.2, -0.15) is 0 Å². The predicted molar refractivity (Wildman–Crippen MR) is 127 cm³/mol. The number of piperidine rings is 1. The number of ether oxygens (including phenoxy) is 3. The second-order valence-electron chi connectivity index (χ2n) is 10.9. The lowest BCUT2D eigenvalue weighted by Gasteiger charge is -2.33. The number of nitrogens with zero attached hydrogens (tertiary/aromatic N) is 3. The monoisotopic (exact) mass is 459 g/mol. The Balaban J connectivity index is 1.75. The van der Waals surface area contributed by atoms with Crippen molar-refractivity contribution in [3.05, 3.63) is 24.0 Å². The Bertz CT molecular complexity index is 1010. The molecule has 0 bridgehead atoms. The number of imidazole rings is 1. The lowest BCUT2D eigenvalue weighted by molar-refractivity contribution is 0.0126. The lowest BCUT2D eigenvalue weighted by atomic mass is 10.1. The van der Waals surface area contributed by atoms with Gasteiger partial charge in [0.2, 0.25) is 0 Å². The number of hydrogen-bond donors (Lipinski definition) is 0. The third kappa shape index (κ3) is 6.39. The summed E-state index contributed by atoms with van der Waals surface area (Å²) >= 11 is 0. The first-order valence-corrected chi connectivity index (χ1v) is 11.6. The van der Waals surface area contributed by atoms with E-state index < -0.39 is 17.3 Å². The molecule has 1 aromatic carbocycles. The molecule has 0 radical (unpaired) electrons. The van der Waals surface area contributed by atoms with Gasteiger partial charge < -0.3 is 19.1 Å². The molecular formula is C25H37N3O5. The van der Waals surface area contributed by atoms with Gasteiger partial charge in [0.15, 0.2) is 0 Å². The summed E-state index contributed by atoms with van der Waals surface area (Å²) in [5.41, 5.74) is 0.262. The quantitative estimate of drug-likeness (QED) is 0.584. The van der Waals surface area contributed by atoms with Gasteiger partial charge in [0.05, 0.1) is 11.0 Å². The molecule has 2 aromatic rings. The van der Waals surface area contributed by atoms with Crippen LogP contribution in [0.2, 0.25) is 0 Å². The molecule has 3 rings (SSSR count). The molecule has 0 aliphatic carbocycles. The van der Waals surface area contributed by atoms with E-state index in [-0.39, 0.29) is 18.1 Å². The molecule has 0 N–H and O–H groups in total. The van der Waals surface area contributed by atoms with E-state index in [4.69, 9.17) is 14.2 Å². The van der Waals surface area contributed by atoms with Crippen LogP contribution in [0.15, 0.2) is 18.2 Å². The average Bonchev–Trinajstić information content (AvgIpc) is 3.05. The fourth-order valence-corrected chi connectivity index (χ4v) is 3.71. The molecule has 8 nitrogen and oxygen atoms in total. The maximum Gasteiger partial charge on any atom is 0.420 e. The molecule has 1 aromatic heterocycles. The van der Waals surface area contributed by atoms with Crippen molar-refractivity contribution in [1.82, 2.24) is 14.5 Å². The topological polar surface area (TPSA) is 82.9 Å². The van der Waals surface area contributed by atoms with Gasteiger partial charge in [-0.1, -0.05) is 13.8 Å². The number of benzene rings is 1. The highest BCUT2D eigenvalue weighted by Gasteiger charge is 2.28. The lowest BCUT2D eigenvalue weighted by Crippen LogP contribution is -2.44. The Labute approximate surface area is 196 Å². The molecule has 33 heavy (non-hydrogen) atoms. The largest absolute Gasteiger partial charge is 0.490 e. The molecule has 1 saturated heterocycles. The summed E-state index contributed by atoms with van der Waals surface area (Å²) in [6, 6.07) is 5.59. The minimum atomic E-state index is -0.613. The summed E-state index contributed by atoms with van der Waals surface area (Å²) < 4.78 is 18.9. The maximum atomic E-state index is 13.0. The number of hydrogen-bond acceptors (Lipinski definition) is 6. The van der Waals surface area contributed by atoms with E-state index in [1.165, 1.54) is 0 Å². The zero-order chi connectivity index (χ0) is 24.6. The van der Waals surface area contributed by atoms with E-state index >= 15 is 0 Å². The van der Waals surface area contributed by atoms with Crippen molar-refractivity contribution in [2.24, 2.45) is 0 Å². The first-order chi connectivity index (χ1) is 15.2. The van der Waals surface area contributed by atoms with E-state index in [9.17, 15) is 9.59 Å². The predicted octanol–water partition coefficient (Wildman–Crippen LogP) is 5.72. The molecule has 1 aliphatic heterocycles. The standard InChI is InChI=1S/C25H37N3O5/c1-16(2)21-26-19-10-9-18(15-20(19)28(21)23(30)33-25(6,7)8)31-17-11-13-27(14-12-17)22(29)32-24(3,4)5/h9-10,15-17H,11-14H2,1-8H3. The number of likely N-dealkylation sites (tertiary alicyclic amines) is 1. The van der Waals surface area contributed by atoms with Crippen molar-refractivity contribution in [2.75, 3.05) is 13.1 Å². The number of aromatic nitrogens is 2. The summed E-state index contributed by atoms with van der Waals surface area (Å²) in [6.07, 6.45) is 0.657. The average molecular weight is 460 g/mol. The Morgan fingerprint density at radius 3 is 2.09 bits per heavy atom. The van der Waals surface area contributed by atoms with E-state index in [0.29, 0.717) is 43.0 Å². The van der Waals surface area contributed by atoms with Gasteiger partial charge in [0.1, 0.15) is 28.9 Å². The van der Waals surface area contributed by atoms with Crippen molar-refractivity contribution in [3.8, 4) is 5.75 Å².